The van der Waals surface area contributed by atoms with Gasteiger partial charge in [0.2, 0.25) is 0 Å². The van der Waals surface area contributed by atoms with Crippen LogP contribution < -0.4 is 0 Å². The first-order chi connectivity index (χ1) is 7.68. The summed E-state index contributed by atoms with van der Waals surface area (Å²) in [5.41, 5.74) is 1.18. The van der Waals surface area contributed by atoms with Crippen LogP contribution in [0.15, 0.2) is 35.0 Å². The van der Waals surface area contributed by atoms with Crippen LogP contribution in [0.4, 0.5) is 8.78 Å². The SMILES string of the molecule is Fc1cccc(F)c1C(Br)Cc1ccsc1. The van der Waals surface area contributed by atoms with Crippen molar-refractivity contribution in [1.29, 1.82) is 0 Å². The fourth-order valence-corrected chi connectivity index (χ4v) is 3.02. The average Bonchev–Trinajstić information content (AvgIpc) is 2.70. The van der Waals surface area contributed by atoms with Gasteiger partial charge < -0.3 is 0 Å². The highest BCUT2D eigenvalue weighted by molar-refractivity contribution is 9.09. The van der Waals surface area contributed by atoms with Crippen molar-refractivity contribution in [2.75, 3.05) is 0 Å². The molecule has 0 bridgehead atoms. The highest BCUT2D eigenvalue weighted by atomic mass is 79.9. The van der Waals surface area contributed by atoms with E-state index in [1.165, 1.54) is 18.2 Å². The molecule has 0 N–H and O–H groups in total. The normalized spacial score (nSPS) is 12.7. The molecular formula is C12H9BrF2S. The number of alkyl halides is 1. The van der Waals surface area contributed by atoms with Gasteiger partial charge in [0, 0.05) is 10.4 Å². The van der Waals surface area contributed by atoms with E-state index >= 15 is 0 Å². The number of rotatable bonds is 3. The largest absolute Gasteiger partial charge is 0.207 e. The molecule has 0 saturated carbocycles. The highest BCUT2D eigenvalue weighted by Crippen LogP contribution is 2.31. The van der Waals surface area contributed by atoms with Crippen molar-refractivity contribution in [2.24, 2.45) is 0 Å². The average molecular weight is 303 g/mol. The Morgan fingerprint density at radius 2 is 1.88 bits per heavy atom. The zero-order valence-electron chi connectivity index (χ0n) is 8.29. The van der Waals surface area contributed by atoms with E-state index in [0.29, 0.717) is 6.42 Å². The van der Waals surface area contributed by atoms with Crippen LogP contribution in [0, 0.1) is 11.6 Å². The van der Waals surface area contributed by atoms with Gasteiger partial charge in [-0.2, -0.15) is 11.3 Å². The first-order valence-corrected chi connectivity index (χ1v) is 6.63. The molecule has 4 heteroatoms. The summed E-state index contributed by atoms with van der Waals surface area (Å²) in [6.07, 6.45) is 0.585. The zero-order chi connectivity index (χ0) is 11.5. The molecule has 0 fully saturated rings. The van der Waals surface area contributed by atoms with Crippen molar-refractivity contribution in [1.82, 2.24) is 0 Å². The Bertz CT molecular complexity index is 448. The molecule has 0 spiro atoms. The lowest BCUT2D eigenvalue weighted by molar-refractivity contribution is 0.554. The van der Waals surface area contributed by atoms with Crippen LogP contribution in [0.5, 0.6) is 0 Å². The molecule has 1 aromatic heterocycles. The summed E-state index contributed by atoms with van der Waals surface area (Å²) >= 11 is 4.91. The predicted molar refractivity (Wildman–Crippen MR) is 66.0 cm³/mol. The molecule has 0 nitrogen and oxygen atoms in total. The van der Waals surface area contributed by atoms with E-state index < -0.39 is 11.6 Å². The van der Waals surface area contributed by atoms with Gasteiger partial charge in [0.05, 0.1) is 0 Å². The van der Waals surface area contributed by atoms with E-state index in [1.807, 2.05) is 16.8 Å². The van der Waals surface area contributed by atoms with Gasteiger partial charge in [0.15, 0.2) is 0 Å². The zero-order valence-corrected chi connectivity index (χ0v) is 10.7. The Morgan fingerprint density at radius 3 is 2.44 bits per heavy atom. The van der Waals surface area contributed by atoms with Gasteiger partial charge in [-0.05, 0) is 40.9 Å². The van der Waals surface area contributed by atoms with Crippen molar-refractivity contribution >= 4 is 27.3 Å². The standard InChI is InChI=1S/C12H9BrF2S/c13-9(6-8-4-5-16-7-8)12-10(14)2-1-3-11(12)15/h1-5,7,9H,6H2. The summed E-state index contributed by atoms with van der Waals surface area (Å²) in [5.74, 6) is -1.01. The molecule has 1 heterocycles. The molecule has 0 saturated heterocycles. The van der Waals surface area contributed by atoms with E-state index in [1.54, 1.807) is 11.3 Å². The third-order valence-electron chi connectivity index (χ3n) is 2.31. The molecule has 0 radical (unpaired) electrons. The number of hydrogen-bond acceptors (Lipinski definition) is 1. The molecule has 16 heavy (non-hydrogen) atoms. The van der Waals surface area contributed by atoms with Crippen molar-refractivity contribution < 1.29 is 8.78 Å². The molecule has 0 aliphatic rings. The second-order valence-corrected chi connectivity index (χ2v) is 5.32. The number of benzene rings is 1. The number of hydrogen-bond donors (Lipinski definition) is 0. The Morgan fingerprint density at radius 1 is 1.19 bits per heavy atom. The second kappa shape index (κ2) is 5.06. The highest BCUT2D eigenvalue weighted by Gasteiger charge is 2.17. The van der Waals surface area contributed by atoms with Crippen molar-refractivity contribution in [3.63, 3.8) is 0 Å². The molecule has 0 amide bonds. The topological polar surface area (TPSA) is 0 Å². The third kappa shape index (κ3) is 2.50. The maximum atomic E-state index is 13.5. The monoisotopic (exact) mass is 302 g/mol. The lowest BCUT2D eigenvalue weighted by Gasteiger charge is -2.11. The van der Waals surface area contributed by atoms with Crippen LogP contribution in [0.1, 0.15) is 16.0 Å². The van der Waals surface area contributed by atoms with Crippen LogP contribution in [0.3, 0.4) is 0 Å². The van der Waals surface area contributed by atoms with Gasteiger partial charge >= 0.3 is 0 Å². The summed E-state index contributed by atoms with van der Waals surface area (Å²) in [4.78, 5) is -0.330. The fourth-order valence-electron chi connectivity index (χ4n) is 1.53. The van der Waals surface area contributed by atoms with Crippen molar-refractivity contribution in [3.8, 4) is 0 Å². The molecule has 0 aliphatic heterocycles. The summed E-state index contributed by atoms with van der Waals surface area (Å²) in [6.45, 7) is 0. The molecule has 2 rings (SSSR count). The quantitative estimate of drug-likeness (QED) is 0.721. The van der Waals surface area contributed by atoms with E-state index in [0.717, 1.165) is 5.56 Å². The fraction of sp³-hybridized carbons (Fsp3) is 0.167. The minimum Gasteiger partial charge on any atom is -0.207 e. The molecule has 1 aromatic carbocycles. The first kappa shape index (κ1) is 11.7. The molecule has 0 aliphatic carbocycles. The molecule has 1 atom stereocenters. The van der Waals surface area contributed by atoms with Crippen molar-refractivity contribution in [2.45, 2.75) is 11.2 Å². The van der Waals surface area contributed by atoms with Gasteiger partial charge in [-0.3, -0.25) is 0 Å². The lowest BCUT2D eigenvalue weighted by atomic mass is 10.1. The molecule has 84 valence electrons. The van der Waals surface area contributed by atoms with Gasteiger partial charge in [0.25, 0.3) is 0 Å². The maximum absolute atomic E-state index is 13.5. The number of thiophene rings is 1. The van der Waals surface area contributed by atoms with Crippen LogP contribution in [-0.2, 0) is 6.42 Å². The molecule has 2 aromatic rings. The summed E-state index contributed by atoms with van der Waals surface area (Å²) in [6, 6.07) is 5.89. The Hall–Kier alpha value is -0.740. The van der Waals surface area contributed by atoms with Gasteiger partial charge in [0.1, 0.15) is 11.6 Å². The van der Waals surface area contributed by atoms with E-state index in [-0.39, 0.29) is 10.4 Å². The third-order valence-corrected chi connectivity index (χ3v) is 3.82. The number of halogens is 3. The minimum atomic E-state index is -0.503. The van der Waals surface area contributed by atoms with E-state index in [9.17, 15) is 8.78 Å². The van der Waals surface area contributed by atoms with Gasteiger partial charge in [-0.1, -0.05) is 22.0 Å². The summed E-state index contributed by atoms with van der Waals surface area (Å²) in [7, 11) is 0. The minimum absolute atomic E-state index is 0.105. The summed E-state index contributed by atoms with van der Waals surface area (Å²) < 4.78 is 26.9. The van der Waals surface area contributed by atoms with Gasteiger partial charge in [-0.25, -0.2) is 8.78 Å². The molecule has 1 unspecified atom stereocenters. The summed E-state index contributed by atoms with van der Waals surface area (Å²) in [5, 5.41) is 3.93. The smallest absolute Gasteiger partial charge is 0.130 e. The van der Waals surface area contributed by atoms with Crippen LogP contribution in [0.2, 0.25) is 0 Å². The van der Waals surface area contributed by atoms with Crippen molar-refractivity contribution in [3.05, 3.63) is 57.8 Å². The first-order valence-electron chi connectivity index (χ1n) is 4.77. The van der Waals surface area contributed by atoms with E-state index in [4.69, 9.17) is 0 Å². The van der Waals surface area contributed by atoms with Crippen LogP contribution in [0.25, 0.3) is 0 Å². The Balaban J connectivity index is 2.24. The lowest BCUT2D eigenvalue weighted by Crippen LogP contribution is -2.01. The molecular weight excluding hydrogens is 294 g/mol. The van der Waals surface area contributed by atoms with Gasteiger partial charge in [-0.15, -0.1) is 0 Å². The Labute approximate surface area is 105 Å². The Kier molecular flexibility index (Phi) is 3.71. The predicted octanol–water partition coefficient (Wildman–Crippen LogP) is 4.71. The van der Waals surface area contributed by atoms with E-state index in [2.05, 4.69) is 15.9 Å². The second-order valence-electron chi connectivity index (χ2n) is 3.44. The van der Waals surface area contributed by atoms with Crippen LogP contribution in [-0.4, -0.2) is 0 Å². The van der Waals surface area contributed by atoms with Crippen LogP contribution >= 0.6 is 27.3 Å². The maximum Gasteiger partial charge on any atom is 0.130 e.